The Labute approximate surface area is 186 Å². The molecule has 0 aromatic heterocycles. The highest BCUT2D eigenvalue weighted by Crippen LogP contribution is 2.56. The number of nitrogens with two attached hydrogens (primary N) is 1. The van der Waals surface area contributed by atoms with Crippen LogP contribution in [0, 0.1) is 11.8 Å². The molecule has 1 aromatic carbocycles. The topological polar surface area (TPSA) is 182 Å². The number of rotatable bonds is 2. The Morgan fingerprint density at radius 3 is 2.41 bits per heavy atom. The molecule has 1 aromatic rings. The first-order chi connectivity index (χ1) is 14.8. The Morgan fingerprint density at radius 2 is 1.84 bits per heavy atom. The van der Waals surface area contributed by atoms with E-state index in [4.69, 9.17) is 17.3 Å². The summed E-state index contributed by atoms with van der Waals surface area (Å²) in [7, 11) is 2.97. The Kier molecular flexibility index (Phi) is 4.90. The summed E-state index contributed by atoms with van der Waals surface area (Å²) in [5.74, 6) is -8.19. The molecule has 2 unspecified atom stereocenters. The van der Waals surface area contributed by atoms with Crippen LogP contribution in [-0.4, -0.2) is 73.6 Å². The molecule has 7 N–H and O–H groups in total. The SMILES string of the molecule is CN(C)C1C(=O)C(C(N)=O)=C(O)[C@@]2(O)C(=O)C3=C(O)c4c(O)ccc(Cl)c4[C@@H](O)C3C[C@@H]12. The number of carbonyl (C=O) groups is 3. The summed E-state index contributed by atoms with van der Waals surface area (Å²) in [5.41, 5.74) is 0.845. The minimum atomic E-state index is -2.77. The molecule has 0 bridgehead atoms. The summed E-state index contributed by atoms with van der Waals surface area (Å²) in [6.45, 7) is 0. The first kappa shape index (κ1) is 22.3. The Hall–Kier alpha value is -2.92. The number of primary amides is 1. The number of aliphatic hydroxyl groups excluding tert-OH is 3. The van der Waals surface area contributed by atoms with Gasteiger partial charge in [0, 0.05) is 28.0 Å². The lowest BCUT2D eigenvalue weighted by atomic mass is 9.57. The van der Waals surface area contributed by atoms with Gasteiger partial charge in [-0.05, 0) is 32.6 Å². The Morgan fingerprint density at radius 1 is 1.22 bits per heavy atom. The standard InChI is InChI=1S/C21H21ClN2O8/c1-24(2)14-7-5-6-10(16(27)12-9(25)4-3-8(22)11(12)15(6)26)18(29)21(7,32)19(30)13(17(14)28)20(23)31/h3-4,6-7,14-15,25-27,30,32H,5H2,1-2H3,(H2,23,31)/t6?,7-,14?,15-,21-/m0/s1. The van der Waals surface area contributed by atoms with Gasteiger partial charge in [0.15, 0.2) is 11.4 Å². The molecule has 1 amide bonds. The molecule has 3 aliphatic carbocycles. The van der Waals surface area contributed by atoms with Crippen molar-refractivity contribution >= 4 is 34.8 Å². The third kappa shape index (κ3) is 2.61. The summed E-state index contributed by atoms with van der Waals surface area (Å²) in [4.78, 5) is 39.8. The van der Waals surface area contributed by atoms with Gasteiger partial charge in [0.1, 0.15) is 22.8 Å². The molecular weight excluding hydrogens is 444 g/mol. The van der Waals surface area contributed by atoms with E-state index in [1.165, 1.54) is 31.1 Å². The number of benzene rings is 1. The van der Waals surface area contributed by atoms with Gasteiger partial charge in [-0.25, -0.2) is 0 Å². The lowest BCUT2D eigenvalue weighted by Gasteiger charge is -2.51. The monoisotopic (exact) mass is 464 g/mol. The average Bonchev–Trinajstić information content (AvgIpc) is 2.69. The number of fused-ring (bicyclic) bond motifs is 3. The number of amides is 1. The highest BCUT2D eigenvalue weighted by atomic mass is 35.5. The molecular formula is C21H21ClN2O8. The van der Waals surface area contributed by atoms with Gasteiger partial charge < -0.3 is 31.3 Å². The predicted octanol–water partition coefficient (Wildman–Crippen LogP) is 0.108. The molecule has 0 saturated heterocycles. The minimum Gasteiger partial charge on any atom is -0.508 e. The molecule has 0 spiro atoms. The second-order valence-corrected chi connectivity index (χ2v) is 8.87. The lowest BCUT2D eigenvalue weighted by Crippen LogP contribution is -2.66. The molecule has 11 heteroatoms. The third-order valence-corrected chi connectivity index (χ3v) is 6.97. The van der Waals surface area contributed by atoms with Crippen molar-refractivity contribution in [3.05, 3.63) is 45.2 Å². The number of aliphatic hydroxyl groups is 4. The first-order valence-electron chi connectivity index (χ1n) is 9.69. The zero-order valence-electron chi connectivity index (χ0n) is 17.0. The fourth-order valence-corrected chi connectivity index (χ4v) is 5.51. The van der Waals surface area contributed by atoms with Crippen molar-refractivity contribution in [2.24, 2.45) is 17.6 Å². The van der Waals surface area contributed by atoms with Crippen LogP contribution in [0.15, 0.2) is 29.0 Å². The molecule has 32 heavy (non-hydrogen) atoms. The average molecular weight is 465 g/mol. The number of aromatic hydroxyl groups is 1. The van der Waals surface area contributed by atoms with Crippen molar-refractivity contribution in [1.82, 2.24) is 4.90 Å². The maximum Gasteiger partial charge on any atom is 0.255 e. The van der Waals surface area contributed by atoms with Crippen LogP contribution < -0.4 is 5.73 Å². The van der Waals surface area contributed by atoms with E-state index in [-0.39, 0.29) is 22.6 Å². The molecule has 3 aliphatic rings. The van der Waals surface area contributed by atoms with Gasteiger partial charge in [0.25, 0.3) is 5.91 Å². The number of nitrogens with zero attached hydrogens (tertiary/aromatic N) is 1. The summed E-state index contributed by atoms with van der Waals surface area (Å²) in [6, 6.07) is 1.25. The predicted molar refractivity (Wildman–Crippen MR) is 111 cm³/mol. The normalized spacial score (nSPS) is 32.1. The van der Waals surface area contributed by atoms with Gasteiger partial charge in [-0.1, -0.05) is 11.6 Å². The third-order valence-electron chi connectivity index (χ3n) is 6.64. The van der Waals surface area contributed by atoms with Crippen molar-refractivity contribution in [3.63, 3.8) is 0 Å². The van der Waals surface area contributed by atoms with Crippen molar-refractivity contribution in [1.29, 1.82) is 0 Å². The Balaban J connectivity index is 2.03. The molecule has 0 aliphatic heterocycles. The van der Waals surface area contributed by atoms with Crippen LogP contribution in [0.5, 0.6) is 5.75 Å². The maximum atomic E-state index is 13.6. The minimum absolute atomic E-state index is 0.00251. The fraction of sp³-hybridized carbons (Fsp3) is 0.381. The van der Waals surface area contributed by atoms with Crippen molar-refractivity contribution in [2.75, 3.05) is 14.1 Å². The van der Waals surface area contributed by atoms with Gasteiger partial charge in [-0.2, -0.15) is 0 Å². The van der Waals surface area contributed by atoms with E-state index in [0.717, 1.165) is 0 Å². The first-order valence-corrected chi connectivity index (χ1v) is 10.1. The number of phenols is 1. The lowest BCUT2D eigenvalue weighted by molar-refractivity contribution is -0.155. The van der Waals surface area contributed by atoms with Crippen molar-refractivity contribution in [2.45, 2.75) is 24.2 Å². The van der Waals surface area contributed by atoms with Gasteiger partial charge in [0.05, 0.1) is 17.7 Å². The molecule has 0 heterocycles. The number of carbonyl (C=O) groups excluding carboxylic acids is 3. The number of halogens is 1. The second kappa shape index (κ2) is 7.04. The second-order valence-electron chi connectivity index (χ2n) is 8.47. The number of likely N-dealkylation sites (N-methyl/N-ethyl adjacent to an activating group) is 1. The summed E-state index contributed by atoms with van der Waals surface area (Å²) < 4.78 is 0. The summed E-state index contributed by atoms with van der Waals surface area (Å²) in [6.07, 6.45) is -1.70. The molecule has 5 atom stereocenters. The van der Waals surface area contributed by atoms with E-state index in [2.05, 4.69) is 0 Å². The highest BCUT2D eigenvalue weighted by molar-refractivity contribution is 6.32. The van der Waals surface area contributed by atoms with Crippen LogP contribution >= 0.6 is 11.6 Å². The number of Topliss-reactive ketones (excluding diaryl/α,β-unsaturated/α-hetero) is 2. The fourth-order valence-electron chi connectivity index (χ4n) is 5.24. The number of hydrogen-bond donors (Lipinski definition) is 6. The molecule has 1 fully saturated rings. The van der Waals surface area contributed by atoms with Gasteiger partial charge in [-0.3, -0.25) is 19.3 Å². The molecule has 4 rings (SSSR count). The zero-order chi connectivity index (χ0) is 23.9. The number of ketones is 2. The summed E-state index contributed by atoms with van der Waals surface area (Å²) >= 11 is 6.19. The van der Waals surface area contributed by atoms with Crippen LogP contribution in [0.2, 0.25) is 5.02 Å². The van der Waals surface area contributed by atoms with Crippen LogP contribution in [0.25, 0.3) is 5.76 Å². The van der Waals surface area contributed by atoms with E-state index in [1.54, 1.807) is 0 Å². The van der Waals surface area contributed by atoms with Crippen LogP contribution in [0.1, 0.15) is 23.7 Å². The number of phenolic OH excluding ortho intramolecular Hbond substituents is 1. The largest absolute Gasteiger partial charge is 0.508 e. The van der Waals surface area contributed by atoms with E-state index in [1.807, 2.05) is 0 Å². The van der Waals surface area contributed by atoms with Crippen molar-refractivity contribution in [3.8, 4) is 5.75 Å². The van der Waals surface area contributed by atoms with E-state index in [9.17, 15) is 39.9 Å². The molecule has 10 nitrogen and oxygen atoms in total. The Bertz CT molecular complexity index is 1160. The highest BCUT2D eigenvalue weighted by Gasteiger charge is 2.65. The number of hydrogen-bond acceptors (Lipinski definition) is 9. The van der Waals surface area contributed by atoms with Gasteiger partial charge >= 0.3 is 0 Å². The zero-order valence-corrected chi connectivity index (χ0v) is 17.8. The maximum absolute atomic E-state index is 13.6. The van der Waals surface area contributed by atoms with Crippen LogP contribution in [-0.2, 0) is 14.4 Å². The van der Waals surface area contributed by atoms with E-state index < -0.39 is 75.5 Å². The van der Waals surface area contributed by atoms with Gasteiger partial charge in [0.2, 0.25) is 5.78 Å². The van der Waals surface area contributed by atoms with Crippen molar-refractivity contribution < 1.29 is 39.9 Å². The van der Waals surface area contributed by atoms with Crippen LogP contribution in [0.3, 0.4) is 0 Å². The molecule has 1 saturated carbocycles. The quantitative estimate of drug-likeness (QED) is 0.331. The smallest absolute Gasteiger partial charge is 0.255 e. The van der Waals surface area contributed by atoms with Crippen LogP contribution in [0.4, 0.5) is 0 Å². The van der Waals surface area contributed by atoms with E-state index >= 15 is 0 Å². The molecule has 170 valence electrons. The van der Waals surface area contributed by atoms with E-state index in [0.29, 0.717) is 0 Å². The summed E-state index contributed by atoms with van der Waals surface area (Å²) in [5, 5.41) is 54.4. The molecule has 0 radical (unpaired) electrons. The van der Waals surface area contributed by atoms with Gasteiger partial charge in [-0.15, -0.1) is 0 Å².